The van der Waals surface area contributed by atoms with Gasteiger partial charge in [0.2, 0.25) is 0 Å². The predicted molar refractivity (Wildman–Crippen MR) is 51.5 cm³/mol. The first-order chi connectivity index (χ1) is 6.03. The van der Waals surface area contributed by atoms with E-state index >= 15 is 0 Å². The molecule has 1 saturated carbocycles. The van der Waals surface area contributed by atoms with Gasteiger partial charge in [-0.25, -0.2) is 4.39 Å². The highest BCUT2D eigenvalue weighted by Gasteiger charge is 2.42. The third kappa shape index (κ3) is 1.54. The fraction of sp³-hybridized carbons (Fsp3) is 0.333. The second-order valence-electron chi connectivity index (χ2n) is 3.41. The SMILES string of the molecule is NC1(c2cc(F)cc(Cl)c2Cl)CC1. The molecule has 1 aromatic rings. The summed E-state index contributed by atoms with van der Waals surface area (Å²) in [6, 6.07) is 2.56. The molecule has 2 N–H and O–H groups in total. The molecule has 1 aliphatic rings. The summed E-state index contributed by atoms with van der Waals surface area (Å²) in [5.41, 5.74) is 6.08. The summed E-state index contributed by atoms with van der Waals surface area (Å²) in [4.78, 5) is 0. The van der Waals surface area contributed by atoms with Crippen molar-refractivity contribution in [2.24, 2.45) is 5.73 Å². The Kier molecular flexibility index (Phi) is 2.02. The van der Waals surface area contributed by atoms with Crippen molar-refractivity contribution in [3.8, 4) is 0 Å². The minimum absolute atomic E-state index is 0.230. The molecule has 1 aromatic carbocycles. The molecular formula is C9H8Cl2FN. The van der Waals surface area contributed by atoms with Crippen molar-refractivity contribution in [2.45, 2.75) is 18.4 Å². The van der Waals surface area contributed by atoms with Gasteiger partial charge in [0.1, 0.15) is 5.82 Å². The van der Waals surface area contributed by atoms with E-state index in [1.807, 2.05) is 0 Å². The van der Waals surface area contributed by atoms with E-state index in [-0.39, 0.29) is 10.8 Å². The molecule has 1 aliphatic carbocycles. The lowest BCUT2D eigenvalue weighted by Crippen LogP contribution is -2.19. The molecular weight excluding hydrogens is 212 g/mol. The van der Waals surface area contributed by atoms with Crippen molar-refractivity contribution in [2.75, 3.05) is 0 Å². The second-order valence-corrected chi connectivity index (χ2v) is 4.19. The van der Waals surface area contributed by atoms with Crippen LogP contribution in [0.5, 0.6) is 0 Å². The molecule has 13 heavy (non-hydrogen) atoms. The lowest BCUT2D eigenvalue weighted by atomic mass is 10.1. The van der Waals surface area contributed by atoms with Crippen LogP contribution in [-0.4, -0.2) is 0 Å². The number of nitrogens with two attached hydrogens (primary N) is 1. The molecule has 0 unspecified atom stereocenters. The summed E-state index contributed by atoms with van der Waals surface area (Å²) < 4.78 is 13.0. The van der Waals surface area contributed by atoms with Crippen molar-refractivity contribution < 1.29 is 4.39 Å². The van der Waals surface area contributed by atoms with E-state index in [0.717, 1.165) is 12.8 Å². The molecule has 0 atom stereocenters. The van der Waals surface area contributed by atoms with Crippen molar-refractivity contribution in [1.82, 2.24) is 0 Å². The van der Waals surface area contributed by atoms with Gasteiger partial charge >= 0.3 is 0 Å². The molecule has 0 aliphatic heterocycles. The summed E-state index contributed by atoms with van der Waals surface area (Å²) in [5, 5.41) is 0.608. The van der Waals surface area contributed by atoms with E-state index in [4.69, 9.17) is 28.9 Å². The normalized spacial score (nSPS) is 18.8. The molecule has 2 rings (SSSR count). The Morgan fingerprint density at radius 2 is 1.92 bits per heavy atom. The Hall–Kier alpha value is -0.310. The molecule has 4 heteroatoms. The average molecular weight is 220 g/mol. The topological polar surface area (TPSA) is 26.0 Å². The van der Waals surface area contributed by atoms with Crippen LogP contribution in [0.3, 0.4) is 0 Å². The van der Waals surface area contributed by atoms with E-state index < -0.39 is 5.54 Å². The first kappa shape index (κ1) is 9.25. The third-order valence-electron chi connectivity index (χ3n) is 2.32. The van der Waals surface area contributed by atoms with Gasteiger partial charge in [0.25, 0.3) is 0 Å². The fourth-order valence-corrected chi connectivity index (χ4v) is 1.83. The minimum atomic E-state index is -0.442. The third-order valence-corrected chi connectivity index (χ3v) is 3.12. The Morgan fingerprint density at radius 1 is 1.31 bits per heavy atom. The fourth-order valence-electron chi connectivity index (χ4n) is 1.32. The molecule has 0 aromatic heterocycles. The van der Waals surface area contributed by atoms with Gasteiger partial charge in [-0.3, -0.25) is 0 Å². The van der Waals surface area contributed by atoms with Crippen LogP contribution in [0.25, 0.3) is 0 Å². The zero-order chi connectivity index (χ0) is 9.64. The van der Waals surface area contributed by atoms with Gasteiger partial charge < -0.3 is 5.73 Å². The van der Waals surface area contributed by atoms with Crippen LogP contribution in [0.15, 0.2) is 12.1 Å². The maximum atomic E-state index is 13.0. The van der Waals surface area contributed by atoms with Crippen LogP contribution in [0, 0.1) is 5.82 Å². The summed E-state index contributed by atoms with van der Waals surface area (Å²) in [5.74, 6) is -0.388. The Bertz CT molecular complexity index is 361. The van der Waals surface area contributed by atoms with Crippen molar-refractivity contribution in [1.29, 1.82) is 0 Å². The largest absolute Gasteiger partial charge is 0.321 e. The molecule has 0 saturated heterocycles. The average Bonchev–Trinajstić information content (AvgIpc) is 2.77. The van der Waals surface area contributed by atoms with Gasteiger partial charge in [-0.05, 0) is 30.5 Å². The van der Waals surface area contributed by atoms with Crippen LogP contribution in [0.1, 0.15) is 18.4 Å². The number of benzene rings is 1. The molecule has 0 heterocycles. The van der Waals surface area contributed by atoms with Crippen molar-refractivity contribution in [3.63, 3.8) is 0 Å². The van der Waals surface area contributed by atoms with Gasteiger partial charge in [0.05, 0.1) is 10.0 Å². The lowest BCUT2D eigenvalue weighted by molar-refractivity contribution is 0.618. The Morgan fingerprint density at radius 3 is 2.46 bits per heavy atom. The highest BCUT2D eigenvalue weighted by atomic mass is 35.5. The molecule has 0 spiro atoms. The molecule has 70 valence electrons. The minimum Gasteiger partial charge on any atom is -0.321 e. The summed E-state index contributed by atoms with van der Waals surface area (Å²) >= 11 is 11.6. The molecule has 0 radical (unpaired) electrons. The highest BCUT2D eigenvalue weighted by Crippen LogP contribution is 2.47. The maximum absolute atomic E-state index is 13.0. The van der Waals surface area contributed by atoms with Crippen LogP contribution in [0.4, 0.5) is 4.39 Å². The predicted octanol–water partition coefficient (Wildman–Crippen LogP) is 3.08. The number of rotatable bonds is 1. The summed E-state index contributed by atoms with van der Waals surface area (Å²) in [6.45, 7) is 0. The molecule has 1 fully saturated rings. The Balaban J connectivity index is 2.56. The quantitative estimate of drug-likeness (QED) is 0.723. The summed E-state index contributed by atoms with van der Waals surface area (Å²) in [6.07, 6.45) is 1.68. The smallest absolute Gasteiger partial charge is 0.125 e. The van der Waals surface area contributed by atoms with E-state index in [9.17, 15) is 4.39 Å². The molecule has 0 amide bonds. The summed E-state index contributed by atoms with van der Waals surface area (Å²) in [7, 11) is 0. The van der Waals surface area contributed by atoms with Gasteiger partial charge in [-0.1, -0.05) is 23.2 Å². The number of halogens is 3. The van der Waals surface area contributed by atoms with Gasteiger partial charge in [-0.15, -0.1) is 0 Å². The van der Waals surface area contributed by atoms with E-state index in [2.05, 4.69) is 0 Å². The molecule has 0 bridgehead atoms. The number of hydrogen-bond acceptors (Lipinski definition) is 1. The second kappa shape index (κ2) is 2.84. The van der Waals surface area contributed by atoms with E-state index in [0.29, 0.717) is 10.6 Å². The monoisotopic (exact) mass is 219 g/mol. The lowest BCUT2D eigenvalue weighted by Gasteiger charge is -2.12. The van der Waals surface area contributed by atoms with Gasteiger partial charge in [-0.2, -0.15) is 0 Å². The molecule has 1 nitrogen and oxygen atoms in total. The standard InChI is InChI=1S/C9H8Cl2FN/c10-7-4-5(12)3-6(8(7)11)9(13)1-2-9/h3-4H,1-2,13H2. The maximum Gasteiger partial charge on any atom is 0.125 e. The van der Waals surface area contributed by atoms with E-state index in [1.165, 1.54) is 12.1 Å². The van der Waals surface area contributed by atoms with Crippen LogP contribution in [-0.2, 0) is 5.54 Å². The van der Waals surface area contributed by atoms with Crippen LogP contribution < -0.4 is 5.73 Å². The van der Waals surface area contributed by atoms with Crippen molar-refractivity contribution >= 4 is 23.2 Å². The number of hydrogen-bond donors (Lipinski definition) is 1. The van der Waals surface area contributed by atoms with Crippen LogP contribution in [0.2, 0.25) is 10.0 Å². The Labute approximate surface area is 85.6 Å². The zero-order valence-electron chi connectivity index (χ0n) is 6.78. The highest BCUT2D eigenvalue weighted by molar-refractivity contribution is 6.42. The van der Waals surface area contributed by atoms with Gasteiger partial charge in [0.15, 0.2) is 0 Å². The zero-order valence-corrected chi connectivity index (χ0v) is 8.29. The van der Waals surface area contributed by atoms with E-state index in [1.54, 1.807) is 0 Å². The first-order valence-electron chi connectivity index (χ1n) is 3.97. The van der Waals surface area contributed by atoms with Crippen LogP contribution >= 0.6 is 23.2 Å². The van der Waals surface area contributed by atoms with Crippen molar-refractivity contribution in [3.05, 3.63) is 33.6 Å². The first-order valence-corrected chi connectivity index (χ1v) is 4.72. The van der Waals surface area contributed by atoms with Gasteiger partial charge in [0, 0.05) is 5.54 Å².